The van der Waals surface area contributed by atoms with Crippen LogP contribution in [0.4, 0.5) is 0 Å². The molecule has 0 unspecified atom stereocenters. The number of hydrogen-bond acceptors (Lipinski definition) is 3. The van der Waals surface area contributed by atoms with Crippen LogP contribution in [0.1, 0.15) is 42.4 Å². The molecule has 0 spiro atoms. The lowest BCUT2D eigenvalue weighted by atomic mass is 9.96. The third-order valence-electron chi connectivity index (χ3n) is 5.45. The largest absolute Gasteiger partial charge is 0.343 e. The molecule has 1 amide bonds. The van der Waals surface area contributed by atoms with Gasteiger partial charge >= 0.3 is 0 Å². The molecule has 0 atom stereocenters. The molecule has 1 aliphatic carbocycles. The summed E-state index contributed by atoms with van der Waals surface area (Å²) in [5.74, 6) is 0.138. The molecule has 0 bridgehead atoms. The minimum atomic E-state index is -3.51. The van der Waals surface area contributed by atoms with Gasteiger partial charge in [0.15, 0.2) is 0 Å². The van der Waals surface area contributed by atoms with E-state index < -0.39 is 10.0 Å². The highest BCUT2D eigenvalue weighted by atomic mass is 32.2. The highest BCUT2D eigenvalue weighted by molar-refractivity contribution is 7.89. The minimum Gasteiger partial charge on any atom is -0.343 e. The molecule has 0 aromatic heterocycles. The fraction of sp³-hybridized carbons (Fsp3) is 0.632. The third-order valence-corrected chi connectivity index (χ3v) is 7.65. The summed E-state index contributed by atoms with van der Waals surface area (Å²) in [5, 5.41) is 0. The summed E-state index contributed by atoms with van der Waals surface area (Å²) in [4.78, 5) is 14.8. The Kier molecular flexibility index (Phi) is 4.95. The number of nitrogens with zero attached hydrogens (tertiary/aromatic N) is 2. The Balaban J connectivity index is 1.73. The lowest BCUT2D eigenvalue weighted by Crippen LogP contribution is -2.44. The monoisotopic (exact) mass is 364 g/mol. The summed E-state index contributed by atoms with van der Waals surface area (Å²) < 4.78 is 27.8. The molecule has 0 N–H and O–H groups in total. The quantitative estimate of drug-likeness (QED) is 0.825. The van der Waals surface area contributed by atoms with Crippen molar-refractivity contribution in [3.63, 3.8) is 0 Å². The Morgan fingerprint density at radius 2 is 1.56 bits per heavy atom. The van der Waals surface area contributed by atoms with E-state index in [1.807, 2.05) is 44.9 Å². The zero-order chi connectivity index (χ0) is 18.4. The second-order valence-corrected chi connectivity index (χ2v) is 9.46. The fourth-order valence-electron chi connectivity index (χ4n) is 3.98. The number of carbonyl (C=O) groups excluding carboxylic acids is 1. The van der Waals surface area contributed by atoms with Crippen molar-refractivity contribution in [2.45, 2.75) is 57.4 Å². The van der Waals surface area contributed by atoms with Crippen LogP contribution in [-0.4, -0.2) is 49.7 Å². The Bertz CT molecular complexity index is 753. The summed E-state index contributed by atoms with van der Waals surface area (Å²) in [6.07, 6.45) is 3.42. The van der Waals surface area contributed by atoms with Gasteiger partial charge in [0.05, 0.1) is 4.90 Å². The van der Waals surface area contributed by atoms with Crippen LogP contribution in [0.3, 0.4) is 0 Å². The highest BCUT2D eigenvalue weighted by Crippen LogP contribution is 2.31. The van der Waals surface area contributed by atoms with Crippen LogP contribution in [0.25, 0.3) is 0 Å². The van der Waals surface area contributed by atoms with Gasteiger partial charge in [-0.25, -0.2) is 8.42 Å². The molecule has 1 saturated heterocycles. The van der Waals surface area contributed by atoms with E-state index in [9.17, 15) is 13.2 Å². The summed E-state index contributed by atoms with van der Waals surface area (Å²) in [5.41, 5.74) is 2.66. The molecule has 1 saturated carbocycles. The van der Waals surface area contributed by atoms with E-state index in [0.29, 0.717) is 36.9 Å². The first-order valence-corrected chi connectivity index (χ1v) is 10.5. The van der Waals surface area contributed by atoms with Crippen molar-refractivity contribution in [1.29, 1.82) is 0 Å². The number of carbonyl (C=O) groups is 1. The van der Waals surface area contributed by atoms with Crippen molar-refractivity contribution < 1.29 is 13.2 Å². The molecular formula is C19H28N2O3S. The van der Waals surface area contributed by atoms with Gasteiger partial charge in [0.1, 0.15) is 0 Å². The number of amides is 1. The Morgan fingerprint density at radius 1 is 1.04 bits per heavy atom. The van der Waals surface area contributed by atoms with E-state index in [2.05, 4.69) is 0 Å². The van der Waals surface area contributed by atoms with Crippen molar-refractivity contribution in [3.8, 4) is 0 Å². The number of benzene rings is 1. The topological polar surface area (TPSA) is 57.7 Å². The van der Waals surface area contributed by atoms with Crippen LogP contribution in [-0.2, 0) is 14.8 Å². The van der Waals surface area contributed by atoms with Crippen molar-refractivity contribution >= 4 is 15.9 Å². The van der Waals surface area contributed by atoms with E-state index in [1.54, 1.807) is 4.31 Å². The molecule has 138 valence electrons. The van der Waals surface area contributed by atoms with E-state index >= 15 is 0 Å². The van der Waals surface area contributed by atoms with Crippen LogP contribution < -0.4 is 0 Å². The van der Waals surface area contributed by atoms with Crippen LogP contribution in [0.15, 0.2) is 17.0 Å². The molecule has 1 heterocycles. The second-order valence-electron chi connectivity index (χ2n) is 7.59. The molecule has 1 aliphatic heterocycles. The molecule has 0 radical (unpaired) electrons. The third kappa shape index (κ3) is 3.60. The average molecular weight is 365 g/mol. The molecule has 6 heteroatoms. The van der Waals surface area contributed by atoms with Crippen molar-refractivity contribution in [1.82, 2.24) is 9.21 Å². The van der Waals surface area contributed by atoms with Crippen LogP contribution in [0.2, 0.25) is 0 Å². The van der Waals surface area contributed by atoms with E-state index in [4.69, 9.17) is 0 Å². The summed E-state index contributed by atoms with van der Waals surface area (Å²) in [6, 6.07) is 4.24. The molecule has 25 heavy (non-hydrogen) atoms. The smallest absolute Gasteiger partial charge is 0.243 e. The maximum absolute atomic E-state index is 13.1. The Morgan fingerprint density at radius 3 is 2.04 bits per heavy atom. The van der Waals surface area contributed by atoms with E-state index in [1.165, 1.54) is 0 Å². The Hall–Kier alpha value is -1.40. The SMILES string of the molecule is Cc1cc(C)c(S(=O)(=O)N2CCC(C(=O)N(C)C3CC3)CC2)c(C)c1. The van der Waals surface area contributed by atoms with Gasteiger partial charge in [-0.05, 0) is 57.6 Å². The number of hydrogen-bond donors (Lipinski definition) is 0. The maximum Gasteiger partial charge on any atom is 0.243 e. The van der Waals surface area contributed by atoms with Gasteiger partial charge in [0.2, 0.25) is 15.9 Å². The molecule has 5 nitrogen and oxygen atoms in total. The van der Waals surface area contributed by atoms with Gasteiger partial charge < -0.3 is 4.90 Å². The van der Waals surface area contributed by atoms with Gasteiger partial charge in [0, 0.05) is 32.1 Å². The van der Waals surface area contributed by atoms with Crippen molar-refractivity contribution in [2.24, 2.45) is 5.92 Å². The number of sulfonamides is 1. The predicted octanol–water partition coefficient (Wildman–Crippen LogP) is 2.63. The number of rotatable bonds is 4. The lowest BCUT2D eigenvalue weighted by molar-refractivity contribution is -0.135. The second kappa shape index (κ2) is 6.72. The normalized spacial score (nSPS) is 19.8. The molecule has 2 aliphatic rings. The maximum atomic E-state index is 13.1. The lowest BCUT2D eigenvalue weighted by Gasteiger charge is -2.33. The zero-order valence-electron chi connectivity index (χ0n) is 15.6. The zero-order valence-corrected chi connectivity index (χ0v) is 16.4. The highest BCUT2D eigenvalue weighted by Gasteiger charge is 2.37. The van der Waals surface area contributed by atoms with Gasteiger partial charge in [-0.3, -0.25) is 4.79 Å². The van der Waals surface area contributed by atoms with Gasteiger partial charge in [0.25, 0.3) is 0 Å². The first-order chi connectivity index (χ1) is 11.7. The molecule has 1 aromatic carbocycles. The molecule has 2 fully saturated rings. The molecule has 3 rings (SSSR count). The summed E-state index contributed by atoms with van der Waals surface area (Å²) in [7, 11) is -1.63. The van der Waals surface area contributed by atoms with Gasteiger partial charge in [-0.15, -0.1) is 0 Å². The first-order valence-electron chi connectivity index (χ1n) is 9.06. The fourth-order valence-corrected chi connectivity index (χ4v) is 5.86. The molecule has 1 aromatic rings. The van der Waals surface area contributed by atoms with E-state index in [0.717, 1.165) is 29.5 Å². The minimum absolute atomic E-state index is 0.0442. The predicted molar refractivity (Wildman–Crippen MR) is 97.9 cm³/mol. The first kappa shape index (κ1) is 18.4. The number of aryl methyl sites for hydroxylation is 3. The standard InChI is InChI=1S/C19H28N2O3S/c1-13-11-14(2)18(15(3)12-13)25(23,24)21-9-7-16(8-10-21)19(22)20(4)17-5-6-17/h11-12,16-17H,5-10H2,1-4H3. The van der Waals surface area contributed by atoms with Crippen LogP contribution in [0, 0.1) is 26.7 Å². The van der Waals surface area contributed by atoms with Crippen molar-refractivity contribution in [3.05, 3.63) is 28.8 Å². The van der Waals surface area contributed by atoms with Gasteiger partial charge in [-0.1, -0.05) is 17.7 Å². The van der Waals surface area contributed by atoms with Crippen molar-refractivity contribution in [2.75, 3.05) is 20.1 Å². The summed E-state index contributed by atoms with van der Waals surface area (Å²) in [6.45, 7) is 6.53. The van der Waals surface area contributed by atoms with Crippen LogP contribution >= 0.6 is 0 Å². The number of piperidine rings is 1. The Labute approximate surface area is 151 Å². The van der Waals surface area contributed by atoms with Gasteiger partial charge in [-0.2, -0.15) is 4.31 Å². The van der Waals surface area contributed by atoms with Crippen LogP contribution in [0.5, 0.6) is 0 Å². The average Bonchev–Trinajstić information content (AvgIpc) is 3.37. The van der Waals surface area contributed by atoms with E-state index in [-0.39, 0.29) is 11.8 Å². The summed E-state index contributed by atoms with van der Waals surface area (Å²) >= 11 is 0. The molecular weight excluding hydrogens is 336 g/mol.